The Morgan fingerprint density at radius 3 is 2.53 bits per heavy atom. The Labute approximate surface area is 186 Å². The maximum atomic E-state index is 13.8. The number of carbonyl (C=O) groups is 1. The molecule has 0 aliphatic heterocycles. The normalized spacial score (nSPS) is 18.4. The molecule has 0 unspecified atom stereocenters. The Morgan fingerprint density at radius 1 is 1.03 bits per heavy atom. The van der Waals surface area contributed by atoms with Gasteiger partial charge in [-0.05, 0) is 55.9 Å². The fourth-order valence-electron chi connectivity index (χ4n) is 4.17. The first-order valence-electron chi connectivity index (χ1n) is 10.8. The Bertz CT molecular complexity index is 1110. The molecule has 2 N–H and O–H groups in total. The Morgan fingerprint density at radius 2 is 1.78 bits per heavy atom. The number of anilines is 2. The number of aromatic nitrogens is 2. The molecule has 6 nitrogen and oxygen atoms in total. The lowest BCUT2D eigenvalue weighted by atomic mass is 9.86. The van der Waals surface area contributed by atoms with Crippen LogP contribution in [0.25, 0.3) is 10.9 Å². The highest BCUT2D eigenvalue weighted by atomic mass is 19.2. The molecule has 1 fully saturated rings. The van der Waals surface area contributed by atoms with Gasteiger partial charge in [-0.3, -0.25) is 4.79 Å². The van der Waals surface area contributed by atoms with Crippen LogP contribution in [0.4, 0.5) is 20.5 Å². The van der Waals surface area contributed by atoms with E-state index in [1.165, 1.54) is 12.1 Å². The number of nitrogens with one attached hydrogen (secondary N) is 2. The van der Waals surface area contributed by atoms with Crippen molar-refractivity contribution in [2.24, 2.45) is 5.92 Å². The summed E-state index contributed by atoms with van der Waals surface area (Å²) in [5, 5.41) is 7.22. The molecule has 0 saturated heterocycles. The maximum Gasteiger partial charge on any atom is 0.254 e. The fourth-order valence-corrected chi connectivity index (χ4v) is 4.17. The number of hydrogen-bond donors (Lipinski definition) is 2. The molecule has 1 heterocycles. The minimum atomic E-state index is -1.11. The summed E-state index contributed by atoms with van der Waals surface area (Å²) in [7, 11) is 3.93. The van der Waals surface area contributed by atoms with E-state index in [1.54, 1.807) is 0 Å². The van der Waals surface area contributed by atoms with Crippen LogP contribution in [0.2, 0.25) is 0 Å². The molecule has 1 aliphatic carbocycles. The van der Waals surface area contributed by atoms with Crippen molar-refractivity contribution in [1.82, 2.24) is 15.3 Å². The van der Waals surface area contributed by atoms with Gasteiger partial charge in [0.15, 0.2) is 11.6 Å². The summed E-state index contributed by atoms with van der Waals surface area (Å²) < 4.78 is 27.1. The minimum Gasteiger partial charge on any atom is -0.362 e. The highest BCUT2D eigenvalue weighted by Crippen LogP contribution is 2.28. The molecule has 3 aromatic rings. The van der Waals surface area contributed by atoms with Crippen molar-refractivity contribution in [2.75, 3.05) is 30.9 Å². The number of carbonyl (C=O) groups excluding carboxylic acids is 1. The second-order valence-electron chi connectivity index (χ2n) is 8.46. The molecular formula is C24H27F2N5O. The predicted molar refractivity (Wildman–Crippen MR) is 122 cm³/mol. The van der Waals surface area contributed by atoms with Crippen molar-refractivity contribution >= 4 is 28.6 Å². The van der Waals surface area contributed by atoms with Gasteiger partial charge in [0.25, 0.3) is 5.91 Å². The number of hydrogen-bond acceptors (Lipinski definition) is 5. The summed E-state index contributed by atoms with van der Waals surface area (Å²) in [6, 6.07) is 11.8. The van der Waals surface area contributed by atoms with E-state index in [1.807, 2.05) is 43.3 Å². The zero-order chi connectivity index (χ0) is 22.7. The van der Waals surface area contributed by atoms with Gasteiger partial charge in [0.2, 0.25) is 5.95 Å². The van der Waals surface area contributed by atoms with Crippen molar-refractivity contribution in [2.45, 2.75) is 31.7 Å². The van der Waals surface area contributed by atoms with Crippen LogP contribution in [0.3, 0.4) is 0 Å². The lowest BCUT2D eigenvalue weighted by Gasteiger charge is -2.29. The van der Waals surface area contributed by atoms with Gasteiger partial charge in [-0.25, -0.2) is 13.8 Å². The molecule has 0 bridgehead atoms. The van der Waals surface area contributed by atoms with E-state index in [2.05, 4.69) is 15.6 Å². The van der Waals surface area contributed by atoms with Gasteiger partial charge in [0.05, 0.1) is 11.1 Å². The van der Waals surface area contributed by atoms with Crippen molar-refractivity contribution < 1.29 is 13.6 Å². The largest absolute Gasteiger partial charge is 0.362 e. The monoisotopic (exact) mass is 439 g/mol. The first-order chi connectivity index (χ1) is 15.4. The molecule has 32 heavy (non-hydrogen) atoms. The number of benzene rings is 2. The molecule has 8 heteroatoms. The van der Waals surface area contributed by atoms with Crippen molar-refractivity contribution in [3.8, 4) is 0 Å². The molecular weight excluding hydrogens is 412 g/mol. The summed E-state index contributed by atoms with van der Waals surface area (Å²) in [6.45, 7) is 0.443. The van der Waals surface area contributed by atoms with Crippen LogP contribution in [0, 0.1) is 17.6 Å². The lowest BCUT2D eigenvalue weighted by Crippen LogP contribution is -2.34. The fraction of sp³-hybridized carbons (Fsp3) is 0.375. The highest BCUT2D eigenvalue weighted by molar-refractivity contribution is 5.94. The van der Waals surface area contributed by atoms with E-state index in [9.17, 15) is 13.6 Å². The summed E-state index contributed by atoms with van der Waals surface area (Å²) in [4.78, 5) is 23.6. The summed E-state index contributed by atoms with van der Waals surface area (Å²) in [5.74, 6) is -0.917. The third-order valence-electron chi connectivity index (χ3n) is 5.93. The Balaban J connectivity index is 1.32. The molecule has 4 rings (SSSR count). The van der Waals surface area contributed by atoms with Crippen LogP contribution in [-0.2, 0) is 0 Å². The second-order valence-corrected chi connectivity index (χ2v) is 8.46. The van der Waals surface area contributed by atoms with Crippen molar-refractivity contribution in [3.05, 3.63) is 59.7 Å². The molecule has 1 aromatic heterocycles. The molecule has 0 spiro atoms. The first kappa shape index (κ1) is 21.9. The lowest BCUT2D eigenvalue weighted by molar-refractivity contribution is 0.0938. The van der Waals surface area contributed by atoms with E-state index < -0.39 is 17.5 Å². The van der Waals surface area contributed by atoms with E-state index in [4.69, 9.17) is 4.98 Å². The zero-order valence-electron chi connectivity index (χ0n) is 18.2. The number of para-hydroxylation sites is 1. The van der Waals surface area contributed by atoms with Gasteiger partial charge in [0, 0.05) is 32.1 Å². The second kappa shape index (κ2) is 9.46. The molecule has 1 aliphatic rings. The molecule has 168 valence electrons. The third-order valence-corrected chi connectivity index (χ3v) is 5.93. The van der Waals surface area contributed by atoms with Crippen LogP contribution in [0.15, 0.2) is 42.5 Å². The first-order valence-corrected chi connectivity index (χ1v) is 10.8. The summed E-state index contributed by atoms with van der Waals surface area (Å²) in [5.41, 5.74) is 0.639. The summed E-state index contributed by atoms with van der Waals surface area (Å²) >= 11 is 0. The number of rotatable bonds is 6. The molecule has 1 amide bonds. The van der Waals surface area contributed by atoms with E-state index in [0.29, 0.717) is 18.4 Å². The van der Waals surface area contributed by atoms with Crippen LogP contribution >= 0.6 is 0 Å². The van der Waals surface area contributed by atoms with Crippen molar-refractivity contribution in [3.63, 3.8) is 0 Å². The zero-order valence-corrected chi connectivity index (χ0v) is 18.2. The van der Waals surface area contributed by atoms with Crippen LogP contribution in [-0.4, -0.2) is 42.6 Å². The average molecular weight is 440 g/mol. The topological polar surface area (TPSA) is 70.2 Å². The minimum absolute atomic E-state index is 0.249. The smallest absolute Gasteiger partial charge is 0.254 e. The Kier molecular flexibility index (Phi) is 6.48. The van der Waals surface area contributed by atoms with E-state index >= 15 is 0 Å². The average Bonchev–Trinajstić information content (AvgIpc) is 2.79. The molecule has 1 saturated carbocycles. The molecule has 0 radical (unpaired) electrons. The van der Waals surface area contributed by atoms with E-state index in [0.717, 1.165) is 48.5 Å². The number of nitrogens with zero attached hydrogens (tertiary/aromatic N) is 3. The van der Waals surface area contributed by atoms with E-state index in [-0.39, 0.29) is 11.6 Å². The quantitative estimate of drug-likeness (QED) is 0.597. The van der Waals surface area contributed by atoms with Gasteiger partial charge in [-0.2, -0.15) is 4.98 Å². The number of halogens is 2. The third kappa shape index (κ3) is 4.79. The highest BCUT2D eigenvalue weighted by Gasteiger charge is 2.23. The van der Waals surface area contributed by atoms with Gasteiger partial charge >= 0.3 is 0 Å². The van der Waals surface area contributed by atoms with Gasteiger partial charge < -0.3 is 15.5 Å². The maximum absolute atomic E-state index is 13.8. The number of fused-ring (bicyclic) bond motifs is 1. The van der Waals surface area contributed by atoms with Gasteiger partial charge in [-0.15, -0.1) is 0 Å². The van der Waals surface area contributed by atoms with Crippen molar-refractivity contribution in [1.29, 1.82) is 0 Å². The van der Waals surface area contributed by atoms with Crippen LogP contribution in [0.1, 0.15) is 36.0 Å². The van der Waals surface area contributed by atoms with Crippen LogP contribution < -0.4 is 15.5 Å². The van der Waals surface area contributed by atoms with Gasteiger partial charge in [-0.1, -0.05) is 18.2 Å². The molecule has 2 aromatic carbocycles. The SMILES string of the molecule is CN(C)c1nc(N[C@H]2CC[C@@H](CNC(=O)c3cccc(F)c3F)CC2)nc2ccccc12. The van der Waals surface area contributed by atoms with Gasteiger partial charge in [0.1, 0.15) is 5.82 Å². The standard InChI is InChI=1S/C24H27F2N5O/c1-31(2)22-17-6-3-4-9-20(17)29-24(30-22)28-16-12-10-15(11-13-16)14-27-23(32)18-7-5-8-19(25)21(18)26/h3-9,15-16H,10-14H2,1-2H3,(H,27,32)(H,28,29,30)/t15-,16+. The number of amides is 1. The Hall–Kier alpha value is -3.29. The summed E-state index contributed by atoms with van der Waals surface area (Å²) in [6.07, 6.45) is 3.67. The molecule has 0 atom stereocenters. The predicted octanol–water partition coefficient (Wildman–Crippen LogP) is 4.37. The van der Waals surface area contributed by atoms with Crippen LogP contribution in [0.5, 0.6) is 0 Å².